The van der Waals surface area contributed by atoms with Gasteiger partial charge in [-0.3, -0.25) is 4.79 Å². The fourth-order valence-corrected chi connectivity index (χ4v) is 3.33. The highest BCUT2D eigenvalue weighted by Crippen LogP contribution is 2.19. The number of rotatable bonds is 6. The van der Waals surface area contributed by atoms with Crippen LogP contribution in [0.5, 0.6) is 0 Å². The van der Waals surface area contributed by atoms with Gasteiger partial charge in [-0.15, -0.1) is 0 Å². The van der Waals surface area contributed by atoms with E-state index in [1.165, 1.54) is 12.1 Å². The lowest BCUT2D eigenvalue weighted by molar-refractivity contribution is -0.135. The number of sulfone groups is 1. The number of aromatic nitrogens is 1. The van der Waals surface area contributed by atoms with E-state index in [1.54, 1.807) is 30.3 Å². The molecule has 0 aliphatic heterocycles. The number of hydrogen-bond donors (Lipinski definition) is 3. The van der Waals surface area contributed by atoms with Crippen molar-refractivity contribution in [1.29, 1.82) is 0 Å². The molecule has 8 heteroatoms. The molecule has 0 unspecified atom stereocenters. The van der Waals surface area contributed by atoms with Crippen molar-refractivity contribution in [2.45, 2.75) is 23.6 Å². The number of para-hydroxylation sites is 1. The number of nitrogens with zero attached hydrogens (tertiary/aromatic N) is 1. The highest BCUT2D eigenvalue weighted by molar-refractivity contribution is 7.90. The minimum atomic E-state index is -3.29. The number of pyridine rings is 1. The van der Waals surface area contributed by atoms with Gasteiger partial charge in [-0.1, -0.05) is 36.4 Å². The summed E-state index contributed by atoms with van der Waals surface area (Å²) in [7, 11) is -3.29. The monoisotopic (exact) mass is 400 g/mol. The largest absolute Gasteiger partial charge is 0.384 e. The van der Waals surface area contributed by atoms with Gasteiger partial charge in [-0.05, 0) is 29.8 Å². The van der Waals surface area contributed by atoms with E-state index in [4.69, 9.17) is 0 Å². The predicted molar refractivity (Wildman–Crippen MR) is 104 cm³/mol. The Labute approximate surface area is 162 Å². The molecule has 2 aromatic carbocycles. The summed E-state index contributed by atoms with van der Waals surface area (Å²) >= 11 is 0. The van der Waals surface area contributed by atoms with Crippen LogP contribution >= 0.6 is 0 Å². The van der Waals surface area contributed by atoms with Gasteiger partial charge < -0.3 is 15.5 Å². The van der Waals surface area contributed by atoms with Gasteiger partial charge in [0.1, 0.15) is 6.10 Å². The molecule has 7 nitrogen and oxygen atoms in total. The summed E-state index contributed by atoms with van der Waals surface area (Å²) in [5.74, 6) is -0.755. The maximum Gasteiger partial charge on any atom is 0.252 e. The zero-order chi connectivity index (χ0) is 20.3. The van der Waals surface area contributed by atoms with Crippen LogP contribution in [0.25, 0.3) is 10.9 Å². The van der Waals surface area contributed by atoms with Gasteiger partial charge in [0, 0.05) is 18.2 Å². The molecule has 0 saturated carbocycles. The molecule has 3 rings (SSSR count). The topological polar surface area (TPSA) is 117 Å². The third kappa shape index (κ3) is 4.53. The summed E-state index contributed by atoms with van der Waals surface area (Å²) in [6, 6.07) is 16.7. The Kier molecular flexibility index (Phi) is 5.73. The normalized spacial score (nSPS) is 13.8. The summed E-state index contributed by atoms with van der Waals surface area (Å²) in [5.41, 5.74) is 1.50. The number of nitrogens with one attached hydrogen (secondary N) is 1. The molecule has 1 aromatic heterocycles. The molecule has 0 saturated heterocycles. The van der Waals surface area contributed by atoms with Gasteiger partial charge in [0.05, 0.1) is 16.1 Å². The Hall–Kier alpha value is -2.81. The quantitative estimate of drug-likeness (QED) is 0.575. The van der Waals surface area contributed by atoms with Crippen molar-refractivity contribution in [2.75, 3.05) is 6.26 Å². The second-order valence-corrected chi connectivity index (χ2v) is 8.47. The van der Waals surface area contributed by atoms with E-state index in [1.807, 2.05) is 18.2 Å². The first kappa shape index (κ1) is 19.9. The maximum absolute atomic E-state index is 12.2. The zero-order valence-corrected chi connectivity index (χ0v) is 15.9. The molecule has 0 fully saturated rings. The molecule has 0 aliphatic carbocycles. The van der Waals surface area contributed by atoms with E-state index < -0.39 is 28.0 Å². The number of hydrogen-bond acceptors (Lipinski definition) is 6. The van der Waals surface area contributed by atoms with E-state index in [0.717, 1.165) is 11.6 Å². The number of carbonyl (C=O) groups is 1. The van der Waals surface area contributed by atoms with Gasteiger partial charge >= 0.3 is 0 Å². The van der Waals surface area contributed by atoms with Crippen molar-refractivity contribution >= 4 is 26.6 Å². The minimum Gasteiger partial charge on any atom is -0.384 e. The average molecular weight is 400 g/mol. The average Bonchev–Trinajstić information content (AvgIpc) is 2.70. The van der Waals surface area contributed by atoms with Crippen LogP contribution in [-0.2, 0) is 21.2 Å². The Morgan fingerprint density at radius 3 is 2.39 bits per heavy atom. The Morgan fingerprint density at radius 1 is 1.04 bits per heavy atom. The molecule has 1 heterocycles. The molecule has 0 spiro atoms. The molecule has 3 aromatic rings. The first-order valence-corrected chi connectivity index (χ1v) is 10.4. The van der Waals surface area contributed by atoms with Crippen LogP contribution in [0.3, 0.4) is 0 Å². The van der Waals surface area contributed by atoms with Crippen LogP contribution in [0.4, 0.5) is 0 Å². The van der Waals surface area contributed by atoms with Gasteiger partial charge in [0.2, 0.25) is 0 Å². The third-order valence-electron chi connectivity index (χ3n) is 4.31. The Bertz CT molecular complexity index is 1100. The van der Waals surface area contributed by atoms with Crippen LogP contribution in [-0.4, -0.2) is 41.9 Å². The van der Waals surface area contributed by atoms with E-state index in [2.05, 4.69) is 10.3 Å². The van der Waals surface area contributed by atoms with Crippen molar-refractivity contribution in [3.8, 4) is 0 Å². The van der Waals surface area contributed by atoms with Crippen molar-refractivity contribution in [3.05, 3.63) is 71.9 Å². The van der Waals surface area contributed by atoms with E-state index in [0.29, 0.717) is 11.1 Å². The molecule has 146 valence electrons. The summed E-state index contributed by atoms with van der Waals surface area (Å²) in [6.07, 6.45) is -2.05. The van der Waals surface area contributed by atoms with Crippen molar-refractivity contribution in [1.82, 2.24) is 10.3 Å². The first-order chi connectivity index (χ1) is 13.3. The van der Waals surface area contributed by atoms with Crippen LogP contribution in [0, 0.1) is 0 Å². The molecule has 0 radical (unpaired) electrons. The van der Waals surface area contributed by atoms with E-state index >= 15 is 0 Å². The molecule has 2 atom stereocenters. The molecule has 1 amide bonds. The fourth-order valence-electron chi connectivity index (χ4n) is 2.70. The lowest BCUT2D eigenvalue weighted by atomic mass is 10.1. The number of carbonyl (C=O) groups excluding carboxylic acids is 1. The van der Waals surface area contributed by atoms with Crippen molar-refractivity contribution in [3.63, 3.8) is 0 Å². The summed E-state index contributed by atoms with van der Waals surface area (Å²) < 4.78 is 22.9. The number of aliphatic hydroxyl groups excluding tert-OH is 2. The molecular formula is C20H20N2O5S. The third-order valence-corrected chi connectivity index (χ3v) is 5.44. The number of fused-ring (bicyclic) bond motifs is 1. The fraction of sp³-hybridized carbons (Fsp3) is 0.200. The lowest BCUT2D eigenvalue weighted by Gasteiger charge is -2.17. The number of aliphatic hydroxyl groups is 2. The second kappa shape index (κ2) is 8.05. The van der Waals surface area contributed by atoms with Gasteiger partial charge in [0.15, 0.2) is 15.9 Å². The van der Waals surface area contributed by atoms with Gasteiger partial charge in [-0.2, -0.15) is 0 Å². The van der Waals surface area contributed by atoms with Crippen molar-refractivity contribution in [2.24, 2.45) is 0 Å². The van der Waals surface area contributed by atoms with Gasteiger partial charge in [-0.25, -0.2) is 13.4 Å². The van der Waals surface area contributed by atoms with E-state index in [9.17, 15) is 23.4 Å². The predicted octanol–water partition coefficient (Wildman–Crippen LogP) is 1.35. The molecule has 28 heavy (non-hydrogen) atoms. The van der Waals surface area contributed by atoms with Crippen LogP contribution in [0.1, 0.15) is 17.4 Å². The molecule has 3 N–H and O–H groups in total. The zero-order valence-electron chi connectivity index (χ0n) is 15.1. The minimum absolute atomic E-state index is 0.0812. The number of amides is 1. The summed E-state index contributed by atoms with van der Waals surface area (Å²) in [4.78, 5) is 16.6. The van der Waals surface area contributed by atoms with Gasteiger partial charge in [0.25, 0.3) is 5.91 Å². The van der Waals surface area contributed by atoms with E-state index in [-0.39, 0.29) is 17.1 Å². The maximum atomic E-state index is 12.2. The highest BCUT2D eigenvalue weighted by atomic mass is 32.2. The second-order valence-electron chi connectivity index (χ2n) is 6.45. The molecular weight excluding hydrogens is 380 g/mol. The standard InChI is InChI=1S/C20H20N2O5S/c1-28(26,27)15-9-6-13(7-10-15)12-21-20(25)19(24)18(23)17-11-8-14-4-2-3-5-16(14)22-17/h2-11,18-19,23-24H,12H2,1H3,(H,21,25)/t18-,19+/m0/s1. The summed E-state index contributed by atoms with van der Waals surface area (Å²) in [5, 5.41) is 23.9. The van der Waals surface area contributed by atoms with Crippen LogP contribution in [0.15, 0.2) is 65.6 Å². The Morgan fingerprint density at radius 2 is 1.71 bits per heavy atom. The SMILES string of the molecule is CS(=O)(=O)c1ccc(CNC(=O)[C@H](O)[C@@H](O)c2ccc3ccccc3n2)cc1. The molecule has 0 aliphatic rings. The smallest absolute Gasteiger partial charge is 0.252 e. The highest BCUT2D eigenvalue weighted by Gasteiger charge is 2.26. The summed E-state index contributed by atoms with van der Waals surface area (Å²) in [6.45, 7) is 0.0812. The lowest BCUT2D eigenvalue weighted by Crippen LogP contribution is -2.38. The number of benzene rings is 2. The van der Waals surface area contributed by atoms with Crippen LogP contribution < -0.4 is 5.32 Å². The van der Waals surface area contributed by atoms with Crippen molar-refractivity contribution < 1.29 is 23.4 Å². The van der Waals surface area contributed by atoms with Crippen LogP contribution in [0.2, 0.25) is 0 Å². The Balaban J connectivity index is 1.64. The molecule has 0 bridgehead atoms. The first-order valence-electron chi connectivity index (χ1n) is 8.54.